The highest BCUT2D eigenvalue weighted by molar-refractivity contribution is 7.99. The lowest BCUT2D eigenvalue weighted by Gasteiger charge is -2.18. The van der Waals surface area contributed by atoms with Gasteiger partial charge in [0.05, 0.1) is 19.1 Å². The number of nitrogens with one attached hydrogen (secondary N) is 2. The first kappa shape index (κ1) is 14.8. The summed E-state index contributed by atoms with van der Waals surface area (Å²) in [7, 11) is 0. The third-order valence-corrected chi connectivity index (χ3v) is 4.18. The summed E-state index contributed by atoms with van der Waals surface area (Å²) in [4.78, 5) is 12.0. The van der Waals surface area contributed by atoms with E-state index in [1.54, 1.807) is 0 Å². The predicted molar refractivity (Wildman–Crippen MR) is 72.4 cm³/mol. The van der Waals surface area contributed by atoms with E-state index >= 15 is 0 Å². The molecule has 3 atom stereocenters. The molecule has 100 valence electrons. The molecule has 5 heteroatoms. The van der Waals surface area contributed by atoms with Crippen LogP contribution in [0.3, 0.4) is 0 Å². The lowest BCUT2D eigenvalue weighted by atomic mass is 10.0. The molecule has 1 aliphatic rings. The second-order valence-electron chi connectivity index (χ2n) is 4.43. The maximum atomic E-state index is 12.0. The molecule has 1 heterocycles. The van der Waals surface area contributed by atoms with Crippen LogP contribution in [0.4, 0.5) is 0 Å². The molecular weight excluding hydrogens is 236 g/mol. The molecule has 0 aliphatic carbocycles. The zero-order valence-electron chi connectivity index (χ0n) is 11.0. The van der Waals surface area contributed by atoms with Crippen molar-refractivity contribution in [1.82, 2.24) is 10.6 Å². The third kappa shape index (κ3) is 4.85. The summed E-state index contributed by atoms with van der Waals surface area (Å²) in [5.41, 5.74) is 0. The standard InChI is InChI=1S/C12H24N2O2S/c1-4-13-11-8-16-7-10(11)12(15)14-6-5-9(2)17-3/h9-11,13H,4-8H2,1-3H3,(H,14,15). The number of ether oxygens (including phenoxy) is 1. The van der Waals surface area contributed by atoms with Crippen molar-refractivity contribution in [2.45, 2.75) is 31.6 Å². The molecule has 17 heavy (non-hydrogen) atoms. The molecule has 1 saturated heterocycles. The Morgan fingerprint density at radius 3 is 2.94 bits per heavy atom. The maximum Gasteiger partial charge on any atom is 0.227 e. The number of carbonyl (C=O) groups is 1. The average Bonchev–Trinajstić information content (AvgIpc) is 2.77. The molecule has 0 saturated carbocycles. The molecule has 0 spiro atoms. The van der Waals surface area contributed by atoms with E-state index in [4.69, 9.17) is 4.74 Å². The quantitative estimate of drug-likeness (QED) is 0.713. The fourth-order valence-corrected chi connectivity index (χ4v) is 2.28. The number of hydrogen-bond acceptors (Lipinski definition) is 4. The van der Waals surface area contributed by atoms with Gasteiger partial charge in [0.15, 0.2) is 0 Å². The monoisotopic (exact) mass is 260 g/mol. The fraction of sp³-hybridized carbons (Fsp3) is 0.917. The van der Waals surface area contributed by atoms with Crippen LogP contribution in [0.5, 0.6) is 0 Å². The first-order valence-electron chi connectivity index (χ1n) is 6.30. The van der Waals surface area contributed by atoms with Gasteiger partial charge in [0.25, 0.3) is 0 Å². The molecule has 1 aliphatic heterocycles. The minimum Gasteiger partial charge on any atom is -0.379 e. The van der Waals surface area contributed by atoms with Crippen LogP contribution in [-0.4, -0.2) is 49.8 Å². The first-order valence-corrected chi connectivity index (χ1v) is 7.59. The number of carbonyl (C=O) groups excluding carboxylic acids is 1. The SMILES string of the molecule is CCNC1COCC1C(=O)NCCC(C)SC. The lowest BCUT2D eigenvalue weighted by molar-refractivity contribution is -0.125. The van der Waals surface area contributed by atoms with E-state index < -0.39 is 0 Å². The Hall–Kier alpha value is -0.260. The highest BCUT2D eigenvalue weighted by Crippen LogP contribution is 2.14. The number of hydrogen-bond donors (Lipinski definition) is 2. The molecule has 0 aromatic rings. The summed E-state index contributed by atoms with van der Waals surface area (Å²) in [6, 6.07) is 0.179. The molecule has 1 rings (SSSR count). The van der Waals surface area contributed by atoms with Crippen LogP contribution >= 0.6 is 11.8 Å². The minimum atomic E-state index is -0.0282. The molecule has 0 aromatic carbocycles. The third-order valence-electron chi connectivity index (χ3n) is 3.14. The van der Waals surface area contributed by atoms with Crippen LogP contribution in [0.25, 0.3) is 0 Å². The lowest BCUT2D eigenvalue weighted by Crippen LogP contribution is -2.44. The molecule has 1 amide bonds. The van der Waals surface area contributed by atoms with E-state index in [2.05, 4.69) is 23.8 Å². The number of likely N-dealkylation sites (N-methyl/N-ethyl adjacent to an activating group) is 1. The van der Waals surface area contributed by atoms with Gasteiger partial charge in [-0.1, -0.05) is 13.8 Å². The van der Waals surface area contributed by atoms with Gasteiger partial charge < -0.3 is 15.4 Å². The largest absolute Gasteiger partial charge is 0.379 e. The smallest absolute Gasteiger partial charge is 0.227 e. The topological polar surface area (TPSA) is 50.4 Å². The van der Waals surface area contributed by atoms with Crippen molar-refractivity contribution in [3.8, 4) is 0 Å². The van der Waals surface area contributed by atoms with Crippen molar-refractivity contribution in [2.75, 3.05) is 32.6 Å². The molecular formula is C12H24N2O2S. The van der Waals surface area contributed by atoms with Crippen LogP contribution < -0.4 is 10.6 Å². The highest BCUT2D eigenvalue weighted by Gasteiger charge is 2.33. The molecule has 0 bridgehead atoms. The molecule has 0 radical (unpaired) electrons. The van der Waals surface area contributed by atoms with Crippen molar-refractivity contribution in [3.05, 3.63) is 0 Å². The fourth-order valence-electron chi connectivity index (χ4n) is 1.92. The Balaban J connectivity index is 2.26. The number of rotatable bonds is 7. The molecule has 4 nitrogen and oxygen atoms in total. The van der Waals surface area contributed by atoms with E-state index in [1.165, 1.54) is 0 Å². The Morgan fingerprint density at radius 2 is 2.29 bits per heavy atom. The van der Waals surface area contributed by atoms with Gasteiger partial charge in [-0.3, -0.25) is 4.79 Å². The van der Waals surface area contributed by atoms with Crippen LogP contribution in [-0.2, 0) is 9.53 Å². The Bertz CT molecular complexity index is 239. The Kier molecular flexibility index (Phi) is 6.92. The summed E-state index contributed by atoms with van der Waals surface area (Å²) < 4.78 is 5.36. The van der Waals surface area contributed by atoms with Gasteiger partial charge in [-0.05, 0) is 19.2 Å². The zero-order valence-corrected chi connectivity index (χ0v) is 11.8. The van der Waals surface area contributed by atoms with Gasteiger partial charge in [-0.2, -0.15) is 11.8 Å². The summed E-state index contributed by atoms with van der Waals surface area (Å²) in [5.74, 6) is 0.0984. The van der Waals surface area contributed by atoms with Crippen LogP contribution in [0.2, 0.25) is 0 Å². The summed E-state index contributed by atoms with van der Waals surface area (Å²) in [6.07, 6.45) is 3.12. The second-order valence-corrected chi connectivity index (χ2v) is 5.71. The number of amides is 1. The first-order chi connectivity index (χ1) is 8.19. The van der Waals surface area contributed by atoms with Gasteiger partial charge >= 0.3 is 0 Å². The van der Waals surface area contributed by atoms with Crippen molar-refractivity contribution in [3.63, 3.8) is 0 Å². The van der Waals surface area contributed by atoms with Gasteiger partial charge in [-0.15, -0.1) is 0 Å². The Morgan fingerprint density at radius 1 is 1.53 bits per heavy atom. The summed E-state index contributed by atoms with van der Waals surface area (Å²) in [6.45, 7) is 7.05. The van der Waals surface area contributed by atoms with Crippen molar-refractivity contribution >= 4 is 17.7 Å². The van der Waals surface area contributed by atoms with Crippen molar-refractivity contribution in [1.29, 1.82) is 0 Å². The van der Waals surface area contributed by atoms with E-state index in [9.17, 15) is 4.79 Å². The highest BCUT2D eigenvalue weighted by atomic mass is 32.2. The molecule has 2 N–H and O–H groups in total. The van der Waals surface area contributed by atoms with E-state index in [0.717, 1.165) is 19.5 Å². The summed E-state index contributed by atoms with van der Waals surface area (Å²) >= 11 is 1.83. The summed E-state index contributed by atoms with van der Waals surface area (Å²) in [5, 5.41) is 6.90. The maximum absolute atomic E-state index is 12.0. The predicted octanol–water partition coefficient (Wildman–Crippen LogP) is 0.869. The number of thioether (sulfide) groups is 1. The van der Waals surface area contributed by atoms with Gasteiger partial charge in [0.1, 0.15) is 0 Å². The van der Waals surface area contributed by atoms with Gasteiger partial charge in [-0.25, -0.2) is 0 Å². The van der Waals surface area contributed by atoms with E-state index in [-0.39, 0.29) is 17.9 Å². The second kappa shape index (κ2) is 7.95. The van der Waals surface area contributed by atoms with E-state index in [1.807, 2.05) is 18.7 Å². The average molecular weight is 260 g/mol. The Labute approximate surface area is 108 Å². The van der Waals surface area contributed by atoms with Gasteiger partial charge in [0, 0.05) is 17.8 Å². The van der Waals surface area contributed by atoms with Crippen molar-refractivity contribution < 1.29 is 9.53 Å². The van der Waals surface area contributed by atoms with Gasteiger partial charge in [0.2, 0.25) is 5.91 Å². The minimum absolute atomic E-state index is 0.0282. The molecule has 1 fully saturated rings. The molecule has 3 unspecified atom stereocenters. The zero-order chi connectivity index (χ0) is 12.7. The van der Waals surface area contributed by atoms with Crippen LogP contribution in [0.1, 0.15) is 20.3 Å². The van der Waals surface area contributed by atoms with Crippen LogP contribution in [0, 0.1) is 5.92 Å². The van der Waals surface area contributed by atoms with Crippen molar-refractivity contribution in [2.24, 2.45) is 5.92 Å². The molecule has 0 aromatic heterocycles. The normalized spacial score (nSPS) is 25.8. The van der Waals surface area contributed by atoms with Crippen LogP contribution in [0.15, 0.2) is 0 Å². The van der Waals surface area contributed by atoms with E-state index in [0.29, 0.717) is 18.5 Å².